The van der Waals surface area contributed by atoms with Crippen LogP contribution in [-0.2, 0) is 11.3 Å². The van der Waals surface area contributed by atoms with E-state index < -0.39 is 11.9 Å². The number of carboxylic acid groups (broad SMARTS) is 1. The van der Waals surface area contributed by atoms with Crippen molar-refractivity contribution in [1.29, 1.82) is 0 Å². The smallest absolute Gasteiger partial charge is 0.335 e. The van der Waals surface area contributed by atoms with Gasteiger partial charge in [0.1, 0.15) is 18.1 Å². The summed E-state index contributed by atoms with van der Waals surface area (Å²) in [4.78, 5) is 23.4. The third-order valence-electron chi connectivity index (χ3n) is 3.01. The molecule has 1 amide bonds. The summed E-state index contributed by atoms with van der Waals surface area (Å²) >= 11 is 0. The van der Waals surface area contributed by atoms with Crippen LogP contribution in [0.4, 0.5) is 5.69 Å². The molecular weight excluding hydrogens is 314 g/mol. The summed E-state index contributed by atoms with van der Waals surface area (Å²) in [5.41, 5.74) is 0.305. The lowest BCUT2D eigenvalue weighted by atomic mass is 10.2. The summed E-state index contributed by atoms with van der Waals surface area (Å²) in [6.45, 7) is 3.92. The summed E-state index contributed by atoms with van der Waals surface area (Å²) in [5, 5.41) is 11.7. The van der Waals surface area contributed by atoms with Crippen LogP contribution in [0.2, 0.25) is 0 Å². The number of amides is 1. The highest BCUT2D eigenvalue weighted by Gasteiger charge is 2.16. The molecule has 0 spiro atoms. The van der Waals surface area contributed by atoms with Crippen molar-refractivity contribution in [1.82, 2.24) is 0 Å². The number of hydrogen-bond acceptors (Lipinski definition) is 5. The Kier molecular flexibility index (Phi) is 5.59. The highest BCUT2D eigenvalue weighted by atomic mass is 16.5. The number of rotatable bonds is 7. The molecule has 0 saturated heterocycles. The number of hydrogen-bond donors (Lipinski definition) is 2. The lowest BCUT2D eigenvalue weighted by molar-refractivity contribution is 0.0696. The second kappa shape index (κ2) is 7.65. The van der Waals surface area contributed by atoms with Gasteiger partial charge in [0, 0.05) is 7.11 Å². The molecule has 7 nitrogen and oxygen atoms in total. The van der Waals surface area contributed by atoms with Crippen LogP contribution >= 0.6 is 0 Å². The van der Waals surface area contributed by atoms with Gasteiger partial charge in [0.05, 0.1) is 17.4 Å². The molecule has 0 aliphatic heterocycles. The Morgan fingerprint density at radius 2 is 2.00 bits per heavy atom. The molecule has 24 heavy (non-hydrogen) atoms. The van der Waals surface area contributed by atoms with Crippen LogP contribution in [0.1, 0.15) is 40.5 Å². The molecule has 0 atom stereocenters. The topological polar surface area (TPSA) is 98.0 Å². The van der Waals surface area contributed by atoms with Gasteiger partial charge in [-0.1, -0.05) is 0 Å². The first kappa shape index (κ1) is 17.6. The molecule has 0 fully saturated rings. The van der Waals surface area contributed by atoms with Crippen LogP contribution < -0.4 is 10.1 Å². The maximum Gasteiger partial charge on any atom is 0.335 e. The van der Waals surface area contributed by atoms with E-state index in [1.807, 2.05) is 13.8 Å². The van der Waals surface area contributed by atoms with Gasteiger partial charge >= 0.3 is 5.97 Å². The highest BCUT2D eigenvalue weighted by Crippen LogP contribution is 2.28. The van der Waals surface area contributed by atoms with Gasteiger partial charge in [0.25, 0.3) is 5.91 Å². The Balaban J connectivity index is 2.26. The molecule has 2 aromatic rings. The van der Waals surface area contributed by atoms with Gasteiger partial charge in [0.15, 0.2) is 5.76 Å². The van der Waals surface area contributed by atoms with Crippen LogP contribution in [0, 0.1) is 0 Å². The van der Waals surface area contributed by atoms with E-state index in [1.54, 1.807) is 6.07 Å². The van der Waals surface area contributed by atoms with Crippen molar-refractivity contribution >= 4 is 17.6 Å². The average Bonchev–Trinajstić information content (AvgIpc) is 2.97. The Morgan fingerprint density at radius 3 is 2.62 bits per heavy atom. The molecule has 0 aliphatic carbocycles. The van der Waals surface area contributed by atoms with Crippen molar-refractivity contribution < 1.29 is 28.6 Å². The zero-order valence-corrected chi connectivity index (χ0v) is 13.7. The van der Waals surface area contributed by atoms with E-state index in [1.165, 1.54) is 31.4 Å². The fraction of sp³-hybridized carbons (Fsp3) is 0.294. The van der Waals surface area contributed by atoms with Gasteiger partial charge in [0.2, 0.25) is 0 Å². The molecule has 128 valence electrons. The number of ether oxygens (including phenoxy) is 2. The minimum absolute atomic E-state index is 0.0425. The predicted octanol–water partition coefficient (Wildman–Crippen LogP) is 3.16. The minimum atomic E-state index is -1.10. The molecule has 7 heteroatoms. The van der Waals surface area contributed by atoms with E-state index >= 15 is 0 Å². The number of nitrogens with one attached hydrogen (secondary N) is 1. The Morgan fingerprint density at radius 1 is 1.25 bits per heavy atom. The van der Waals surface area contributed by atoms with Gasteiger partial charge in [-0.3, -0.25) is 4.79 Å². The molecule has 1 aromatic heterocycles. The van der Waals surface area contributed by atoms with Crippen molar-refractivity contribution in [3.8, 4) is 5.75 Å². The van der Waals surface area contributed by atoms with Crippen LogP contribution in [0.25, 0.3) is 0 Å². The Hall–Kier alpha value is -2.80. The SMILES string of the molecule is COCc1ccc(C(=O)Nc2cc(C(=O)O)ccc2OC(C)C)o1. The van der Waals surface area contributed by atoms with Crippen LogP contribution in [-0.4, -0.2) is 30.2 Å². The molecule has 0 aliphatic rings. The third kappa shape index (κ3) is 4.36. The highest BCUT2D eigenvalue weighted by molar-refractivity contribution is 6.04. The number of carbonyl (C=O) groups excluding carboxylic acids is 1. The van der Waals surface area contributed by atoms with Crippen molar-refractivity contribution in [2.24, 2.45) is 0 Å². The molecule has 0 unspecified atom stereocenters. The lowest BCUT2D eigenvalue weighted by Crippen LogP contribution is -2.14. The summed E-state index contributed by atoms with van der Waals surface area (Å²) in [5.74, 6) is -0.610. The number of methoxy groups -OCH3 is 1. The number of carboxylic acids is 1. The van der Waals surface area contributed by atoms with Gasteiger partial charge in [-0.15, -0.1) is 0 Å². The number of furan rings is 1. The van der Waals surface area contributed by atoms with Crippen molar-refractivity contribution in [3.05, 3.63) is 47.4 Å². The van der Waals surface area contributed by atoms with Gasteiger partial charge in [-0.05, 0) is 44.2 Å². The fourth-order valence-corrected chi connectivity index (χ4v) is 2.02. The largest absolute Gasteiger partial charge is 0.489 e. The first-order valence-electron chi connectivity index (χ1n) is 7.33. The van der Waals surface area contributed by atoms with E-state index in [-0.39, 0.29) is 29.7 Å². The molecule has 0 saturated carbocycles. The van der Waals surface area contributed by atoms with E-state index in [0.29, 0.717) is 11.5 Å². The van der Waals surface area contributed by atoms with Gasteiger partial charge in [-0.25, -0.2) is 4.79 Å². The molecule has 2 rings (SSSR count). The van der Waals surface area contributed by atoms with Crippen LogP contribution in [0.3, 0.4) is 0 Å². The number of benzene rings is 1. The molecule has 2 N–H and O–H groups in total. The molecule has 0 bridgehead atoms. The zero-order valence-electron chi connectivity index (χ0n) is 13.7. The number of aromatic carboxylic acids is 1. The number of anilines is 1. The summed E-state index contributed by atoms with van der Waals surface area (Å²) in [6, 6.07) is 7.43. The van der Waals surface area contributed by atoms with Gasteiger partial charge < -0.3 is 24.3 Å². The predicted molar refractivity (Wildman–Crippen MR) is 86.5 cm³/mol. The Bertz CT molecular complexity index is 734. The average molecular weight is 333 g/mol. The monoisotopic (exact) mass is 333 g/mol. The summed E-state index contributed by atoms with van der Waals surface area (Å²) in [7, 11) is 1.52. The zero-order chi connectivity index (χ0) is 17.7. The molecular formula is C17H19NO6. The van der Waals surface area contributed by atoms with E-state index in [2.05, 4.69) is 5.32 Å². The second-order valence-electron chi connectivity index (χ2n) is 5.34. The van der Waals surface area contributed by atoms with Gasteiger partial charge in [-0.2, -0.15) is 0 Å². The summed E-state index contributed by atoms with van der Waals surface area (Å²) < 4.78 is 15.9. The van der Waals surface area contributed by atoms with Crippen molar-refractivity contribution in [3.63, 3.8) is 0 Å². The third-order valence-corrected chi connectivity index (χ3v) is 3.01. The number of carbonyl (C=O) groups is 2. The van der Waals surface area contributed by atoms with Crippen LogP contribution in [0.15, 0.2) is 34.7 Å². The van der Waals surface area contributed by atoms with Crippen molar-refractivity contribution in [2.75, 3.05) is 12.4 Å². The Labute approximate surface area is 139 Å². The van der Waals surface area contributed by atoms with E-state index in [4.69, 9.17) is 19.0 Å². The van der Waals surface area contributed by atoms with Crippen LogP contribution in [0.5, 0.6) is 5.75 Å². The maximum absolute atomic E-state index is 12.3. The van der Waals surface area contributed by atoms with E-state index in [9.17, 15) is 9.59 Å². The molecule has 0 radical (unpaired) electrons. The summed E-state index contributed by atoms with van der Waals surface area (Å²) in [6.07, 6.45) is -0.131. The second-order valence-corrected chi connectivity index (χ2v) is 5.34. The molecule has 1 heterocycles. The quantitative estimate of drug-likeness (QED) is 0.807. The first-order valence-corrected chi connectivity index (χ1v) is 7.33. The first-order chi connectivity index (χ1) is 11.4. The minimum Gasteiger partial charge on any atom is -0.489 e. The fourth-order valence-electron chi connectivity index (χ4n) is 2.02. The maximum atomic E-state index is 12.3. The standard InChI is InChI=1S/C17H19NO6/c1-10(2)23-14-6-4-11(17(20)21)8-13(14)18-16(19)15-7-5-12(24-15)9-22-3/h4-8,10H,9H2,1-3H3,(H,18,19)(H,20,21). The van der Waals surface area contributed by atoms with E-state index in [0.717, 1.165) is 0 Å². The normalized spacial score (nSPS) is 10.7. The van der Waals surface area contributed by atoms with Crippen molar-refractivity contribution in [2.45, 2.75) is 26.6 Å². The molecule has 1 aromatic carbocycles. The lowest BCUT2D eigenvalue weighted by Gasteiger charge is -2.15.